The van der Waals surface area contributed by atoms with E-state index in [2.05, 4.69) is 10.6 Å². The summed E-state index contributed by atoms with van der Waals surface area (Å²) in [6.07, 6.45) is 1.06. The number of hydrogen-bond donors (Lipinski definition) is 5. The molecule has 1 aliphatic heterocycles. The third-order valence-corrected chi connectivity index (χ3v) is 7.00. The van der Waals surface area contributed by atoms with Crippen molar-refractivity contribution in [2.45, 2.75) is 89.1 Å². The van der Waals surface area contributed by atoms with E-state index in [1.807, 2.05) is 0 Å². The number of ether oxygens (including phenoxy) is 5. The average molecular weight is 649 g/mol. The number of amides is 2. The molecule has 254 valence electrons. The van der Waals surface area contributed by atoms with E-state index in [0.717, 1.165) is 5.56 Å². The fourth-order valence-electron chi connectivity index (χ4n) is 4.73. The number of rotatable bonds is 15. The maximum atomic E-state index is 13.3. The van der Waals surface area contributed by atoms with Gasteiger partial charge in [0, 0.05) is 18.4 Å². The summed E-state index contributed by atoms with van der Waals surface area (Å²) in [5.74, 6) is -2.59. The predicted molar refractivity (Wildman–Crippen MR) is 163 cm³/mol. The molecule has 46 heavy (non-hydrogen) atoms. The maximum absolute atomic E-state index is 13.3. The summed E-state index contributed by atoms with van der Waals surface area (Å²) in [4.78, 5) is 51.4. The topological polar surface area (TPSA) is 199 Å². The summed E-state index contributed by atoms with van der Waals surface area (Å²) in [6.45, 7) is 6.01. The van der Waals surface area contributed by atoms with Crippen molar-refractivity contribution < 1.29 is 58.2 Å². The zero-order valence-electron chi connectivity index (χ0n) is 26.5. The summed E-state index contributed by atoms with van der Waals surface area (Å²) in [5.41, 5.74) is 0.500. The molecule has 1 saturated heterocycles. The molecule has 1 aromatic carbocycles. The molecular formula is C32H44N2O12. The Balaban J connectivity index is 1.62. The van der Waals surface area contributed by atoms with E-state index in [9.17, 15) is 29.4 Å². The second-order valence-electron chi connectivity index (χ2n) is 11.9. The van der Waals surface area contributed by atoms with Gasteiger partial charge in [0.2, 0.25) is 11.8 Å². The van der Waals surface area contributed by atoms with Gasteiger partial charge in [-0.1, -0.05) is 12.1 Å². The monoisotopic (exact) mass is 648 g/mol. The van der Waals surface area contributed by atoms with Crippen molar-refractivity contribution in [3.8, 4) is 0 Å². The van der Waals surface area contributed by atoms with Crippen molar-refractivity contribution in [3.05, 3.63) is 53.3 Å². The number of nitrogens with one attached hydrogen (secondary N) is 2. The molecule has 14 nitrogen and oxygen atoms in total. The Morgan fingerprint density at radius 1 is 1.09 bits per heavy atom. The number of hydrogen-bond acceptors (Lipinski definition) is 12. The van der Waals surface area contributed by atoms with Crippen LogP contribution in [0.4, 0.5) is 0 Å². The van der Waals surface area contributed by atoms with E-state index in [0.29, 0.717) is 0 Å². The minimum atomic E-state index is -1.40. The van der Waals surface area contributed by atoms with Crippen molar-refractivity contribution in [2.75, 3.05) is 26.6 Å². The molecule has 1 fully saturated rings. The lowest BCUT2D eigenvalue weighted by atomic mass is 9.91. The van der Waals surface area contributed by atoms with Crippen LogP contribution in [0.1, 0.15) is 62.9 Å². The Morgan fingerprint density at radius 3 is 2.43 bits per heavy atom. The summed E-state index contributed by atoms with van der Waals surface area (Å²) < 4.78 is 27.3. The third kappa shape index (κ3) is 11.2. The van der Waals surface area contributed by atoms with Gasteiger partial charge in [0.05, 0.1) is 37.2 Å². The first-order valence-electron chi connectivity index (χ1n) is 15.1. The van der Waals surface area contributed by atoms with Crippen LogP contribution in [0.2, 0.25) is 0 Å². The quantitative estimate of drug-likeness (QED) is 0.102. The zero-order valence-corrected chi connectivity index (χ0v) is 26.5. The Bertz CT molecular complexity index is 1250. The lowest BCUT2D eigenvalue weighted by Crippen LogP contribution is -2.55. The van der Waals surface area contributed by atoms with Crippen LogP contribution in [-0.2, 0) is 38.1 Å². The summed E-state index contributed by atoms with van der Waals surface area (Å²) in [5, 5.41) is 33.9. The number of fused-ring (bicyclic) bond motifs is 1. The molecule has 6 unspecified atom stereocenters. The Labute approximate surface area is 267 Å². The van der Waals surface area contributed by atoms with E-state index >= 15 is 0 Å². The smallest absolute Gasteiger partial charge is 0.338 e. The highest BCUT2D eigenvalue weighted by atomic mass is 16.7. The van der Waals surface area contributed by atoms with E-state index in [4.69, 9.17) is 28.8 Å². The molecular weight excluding hydrogens is 604 g/mol. The van der Waals surface area contributed by atoms with Crippen LogP contribution in [0.25, 0.3) is 6.08 Å². The highest BCUT2D eigenvalue weighted by molar-refractivity contribution is 5.97. The first-order valence-corrected chi connectivity index (χ1v) is 15.1. The fourth-order valence-corrected chi connectivity index (χ4v) is 4.73. The van der Waals surface area contributed by atoms with Crippen LogP contribution < -0.4 is 10.6 Å². The number of carbonyl (C=O) groups excluding carboxylic acids is 4. The molecule has 1 aliphatic carbocycles. The number of aliphatic hydroxyl groups excluding tert-OH is 3. The molecule has 0 bridgehead atoms. The molecule has 5 N–H and O–H groups in total. The summed E-state index contributed by atoms with van der Waals surface area (Å²) >= 11 is 0. The molecule has 1 heterocycles. The van der Waals surface area contributed by atoms with Crippen molar-refractivity contribution in [1.82, 2.24) is 10.6 Å². The molecule has 0 saturated carbocycles. The van der Waals surface area contributed by atoms with Crippen molar-refractivity contribution in [3.63, 3.8) is 0 Å². The molecule has 14 heteroatoms. The van der Waals surface area contributed by atoms with Gasteiger partial charge in [0.25, 0.3) is 0 Å². The zero-order chi connectivity index (χ0) is 33.9. The highest BCUT2D eigenvalue weighted by Gasteiger charge is 2.43. The standard InChI is InChI=1S/C32H44N2O12/c1-19(37)27(30(40)33-23(17-36)9-10-26(38)46-32(2,3)4)34-29(39)22-15-24-28(44-18-43-24)25(16-22)45-31(41)21-7-5-20(6-8-21)11-13-42-14-12-35/h5-8,11,13,15,19,23-25,27-28,35-37H,9-10,12,14,16-18H2,1-4H3,(H,33,40)(H,34,39). The van der Waals surface area contributed by atoms with Crippen LogP contribution in [-0.4, -0.2) is 108 Å². The Kier molecular flexibility index (Phi) is 13.7. The Morgan fingerprint density at radius 2 is 1.80 bits per heavy atom. The molecule has 0 radical (unpaired) electrons. The van der Waals surface area contributed by atoms with Crippen LogP contribution >= 0.6 is 0 Å². The summed E-state index contributed by atoms with van der Waals surface area (Å²) in [7, 11) is 0. The Hall–Kier alpha value is -3.82. The number of benzene rings is 1. The molecule has 0 aromatic heterocycles. The van der Waals surface area contributed by atoms with Crippen molar-refractivity contribution >= 4 is 29.8 Å². The number of carbonyl (C=O) groups is 4. The van der Waals surface area contributed by atoms with Gasteiger partial charge < -0.3 is 49.6 Å². The normalized spacial score (nSPS) is 21.4. The van der Waals surface area contributed by atoms with Crippen molar-refractivity contribution in [2.24, 2.45) is 0 Å². The SMILES string of the molecule is CC(O)C(NC(=O)C1=CC2OCOC2C(OC(=O)c2ccc(C=COCCO)cc2)C1)C(=O)NC(CO)CCC(=O)OC(C)(C)C. The third-order valence-electron chi connectivity index (χ3n) is 7.00. The first-order chi connectivity index (χ1) is 21.8. The lowest BCUT2D eigenvalue weighted by Gasteiger charge is -2.31. The molecule has 2 aliphatic rings. The predicted octanol–water partition coefficient (Wildman–Crippen LogP) is 0.728. The average Bonchev–Trinajstić information content (AvgIpc) is 3.48. The van der Waals surface area contributed by atoms with Gasteiger partial charge in [-0.3, -0.25) is 14.4 Å². The van der Waals surface area contributed by atoms with Gasteiger partial charge in [0.15, 0.2) is 0 Å². The highest BCUT2D eigenvalue weighted by Crippen LogP contribution is 2.31. The number of aliphatic hydroxyl groups is 3. The van der Waals surface area contributed by atoms with Gasteiger partial charge in [-0.2, -0.15) is 0 Å². The van der Waals surface area contributed by atoms with Crippen LogP contribution in [0, 0.1) is 0 Å². The fraction of sp³-hybridized carbons (Fsp3) is 0.562. The molecule has 1 aromatic rings. The molecule has 6 atom stereocenters. The van der Waals surface area contributed by atoms with Gasteiger partial charge in [0.1, 0.15) is 43.4 Å². The minimum absolute atomic E-state index is 0.0472. The van der Waals surface area contributed by atoms with Crippen LogP contribution in [0.15, 0.2) is 42.2 Å². The second-order valence-corrected chi connectivity index (χ2v) is 11.9. The maximum Gasteiger partial charge on any atom is 0.338 e. The van der Waals surface area contributed by atoms with Gasteiger partial charge >= 0.3 is 11.9 Å². The lowest BCUT2D eigenvalue weighted by molar-refractivity contribution is -0.155. The van der Waals surface area contributed by atoms with Crippen molar-refractivity contribution in [1.29, 1.82) is 0 Å². The van der Waals surface area contributed by atoms with Crippen LogP contribution in [0.3, 0.4) is 0 Å². The largest absolute Gasteiger partial charge is 0.499 e. The first kappa shape index (κ1) is 36.6. The van der Waals surface area contributed by atoms with E-state index in [1.165, 1.54) is 19.3 Å². The van der Waals surface area contributed by atoms with E-state index < -0.39 is 72.5 Å². The molecule has 2 amide bonds. The number of esters is 2. The van der Waals surface area contributed by atoms with Crippen LogP contribution in [0.5, 0.6) is 0 Å². The second kappa shape index (κ2) is 17.2. The van der Waals surface area contributed by atoms with Gasteiger partial charge in [-0.15, -0.1) is 0 Å². The van der Waals surface area contributed by atoms with E-state index in [-0.39, 0.29) is 50.4 Å². The van der Waals surface area contributed by atoms with E-state index in [1.54, 1.807) is 51.1 Å². The summed E-state index contributed by atoms with van der Waals surface area (Å²) in [6, 6.07) is 4.29. The van der Waals surface area contributed by atoms with Gasteiger partial charge in [-0.25, -0.2) is 4.79 Å². The molecule has 3 rings (SSSR count). The minimum Gasteiger partial charge on any atom is -0.499 e. The molecule has 0 spiro atoms. The van der Waals surface area contributed by atoms with Gasteiger partial charge in [-0.05, 0) is 64.0 Å².